The Morgan fingerprint density at radius 2 is 2.16 bits per heavy atom. The van der Waals surface area contributed by atoms with Crippen LogP contribution in [0.5, 0.6) is 0 Å². The summed E-state index contributed by atoms with van der Waals surface area (Å²) in [6, 6.07) is 6.66. The van der Waals surface area contributed by atoms with E-state index < -0.39 is 0 Å². The van der Waals surface area contributed by atoms with E-state index in [9.17, 15) is 4.79 Å². The van der Waals surface area contributed by atoms with Crippen LogP contribution in [0.3, 0.4) is 0 Å². The number of nitrogens with zero attached hydrogens (tertiary/aromatic N) is 1. The third-order valence-corrected chi connectivity index (χ3v) is 3.58. The number of carbonyl (C=O) groups is 1. The van der Waals surface area contributed by atoms with Gasteiger partial charge in [-0.15, -0.1) is 0 Å². The highest BCUT2D eigenvalue weighted by atomic mass is 79.9. The van der Waals surface area contributed by atoms with Gasteiger partial charge < -0.3 is 11.1 Å². The summed E-state index contributed by atoms with van der Waals surface area (Å²) in [5.74, 6) is -0.340. The highest BCUT2D eigenvalue weighted by Gasteiger charge is 2.11. The zero-order chi connectivity index (χ0) is 14.0. The number of carbonyl (C=O) groups excluding carboxylic acids is 1. The third-order valence-electron chi connectivity index (χ3n) is 2.51. The molecule has 1 amide bonds. The van der Waals surface area contributed by atoms with Crippen molar-refractivity contribution >= 4 is 44.8 Å². The van der Waals surface area contributed by atoms with Gasteiger partial charge in [0.25, 0.3) is 5.91 Å². The Morgan fingerprint density at radius 3 is 2.84 bits per heavy atom. The van der Waals surface area contributed by atoms with E-state index in [1.807, 2.05) is 13.0 Å². The van der Waals surface area contributed by atoms with Gasteiger partial charge in [-0.1, -0.05) is 11.6 Å². The lowest BCUT2D eigenvalue weighted by Gasteiger charge is -2.09. The van der Waals surface area contributed by atoms with Crippen LogP contribution < -0.4 is 11.1 Å². The first-order chi connectivity index (χ1) is 8.97. The zero-order valence-electron chi connectivity index (χ0n) is 10.1. The van der Waals surface area contributed by atoms with Crippen molar-refractivity contribution in [2.45, 2.75) is 6.92 Å². The Hall–Kier alpha value is -1.59. The molecule has 0 aliphatic rings. The predicted octanol–water partition coefficient (Wildman–Crippen LogP) is 3.64. The van der Waals surface area contributed by atoms with E-state index in [0.29, 0.717) is 16.4 Å². The van der Waals surface area contributed by atoms with E-state index in [-0.39, 0.29) is 11.6 Å². The monoisotopic (exact) mass is 339 g/mol. The number of aryl methyl sites for hydroxylation is 1. The van der Waals surface area contributed by atoms with Crippen LogP contribution in [-0.4, -0.2) is 10.9 Å². The van der Waals surface area contributed by atoms with E-state index in [1.165, 1.54) is 12.3 Å². The van der Waals surface area contributed by atoms with Crippen molar-refractivity contribution in [2.24, 2.45) is 0 Å². The normalized spacial score (nSPS) is 10.3. The minimum Gasteiger partial charge on any atom is -0.399 e. The number of nitrogens with two attached hydrogens (primary N) is 1. The topological polar surface area (TPSA) is 68.0 Å². The van der Waals surface area contributed by atoms with Crippen LogP contribution in [0.25, 0.3) is 0 Å². The van der Waals surface area contributed by atoms with Gasteiger partial charge in [0.05, 0.1) is 5.69 Å². The molecule has 0 bridgehead atoms. The fourth-order valence-corrected chi connectivity index (χ4v) is 2.22. The number of halogens is 2. The summed E-state index contributed by atoms with van der Waals surface area (Å²) < 4.78 is 0.756. The zero-order valence-corrected chi connectivity index (χ0v) is 12.4. The fraction of sp³-hybridized carbons (Fsp3) is 0.0769. The number of hydrogen-bond donors (Lipinski definition) is 2. The smallest absolute Gasteiger partial charge is 0.274 e. The standard InChI is InChI=1S/C13H11BrClN3O/c1-7-4-9(14)11(6-10(7)15)18-13(19)12-5-8(16)2-3-17-12/h2-6H,1H3,(H2,16,17)(H,18,19). The largest absolute Gasteiger partial charge is 0.399 e. The van der Waals surface area contributed by atoms with Gasteiger partial charge in [-0.3, -0.25) is 9.78 Å². The van der Waals surface area contributed by atoms with Gasteiger partial charge in [-0.05, 0) is 52.7 Å². The second-order valence-electron chi connectivity index (χ2n) is 4.01. The summed E-state index contributed by atoms with van der Waals surface area (Å²) >= 11 is 9.41. The summed E-state index contributed by atoms with van der Waals surface area (Å²) in [4.78, 5) is 16.0. The van der Waals surface area contributed by atoms with Crippen molar-refractivity contribution in [3.8, 4) is 0 Å². The maximum atomic E-state index is 12.0. The Kier molecular flexibility index (Phi) is 4.07. The van der Waals surface area contributed by atoms with E-state index in [1.54, 1.807) is 12.1 Å². The molecular formula is C13H11BrClN3O. The molecule has 0 atom stereocenters. The van der Waals surface area contributed by atoms with Crippen molar-refractivity contribution < 1.29 is 4.79 Å². The molecule has 2 aromatic rings. The fourth-order valence-electron chi connectivity index (χ4n) is 1.50. The Labute approximate surface area is 124 Å². The molecular weight excluding hydrogens is 330 g/mol. The lowest BCUT2D eigenvalue weighted by atomic mass is 10.2. The summed E-state index contributed by atoms with van der Waals surface area (Å²) in [6.07, 6.45) is 1.49. The van der Waals surface area contributed by atoms with Gasteiger partial charge in [0.15, 0.2) is 0 Å². The van der Waals surface area contributed by atoms with E-state index in [0.717, 1.165) is 10.0 Å². The van der Waals surface area contributed by atoms with E-state index in [4.69, 9.17) is 17.3 Å². The number of aromatic nitrogens is 1. The molecule has 4 nitrogen and oxygen atoms in total. The minimum absolute atomic E-state index is 0.253. The minimum atomic E-state index is -0.340. The average molecular weight is 341 g/mol. The predicted molar refractivity (Wildman–Crippen MR) is 80.5 cm³/mol. The summed E-state index contributed by atoms with van der Waals surface area (Å²) in [5, 5.41) is 3.32. The van der Waals surface area contributed by atoms with Crippen LogP contribution in [0.2, 0.25) is 5.02 Å². The number of hydrogen-bond acceptors (Lipinski definition) is 3. The lowest BCUT2D eigenvalue weighted by molar-refractivity contribution is 0.102. The molecule has 19 heavy (non-hydrogen) atoms. The Bertz CT molecular complexity index is 646. The maximum Gasteiger partial charge on any atom is 0.274 e. The van der Waals surface area contributed by atoms with Crippen LogP contribution in [0.4, 0.5) is 11.4 Å². The maximum absolute atomic E-state index is 12.0. The van der Waals surface area contributed by atoms with Gasteiger partial charge in [-0.25, -0.2) is 0 Å². The number of nitrogen functional groups attached to an aromatic ring is 1. The molecule has 1 aromatic heterocycles. The second-order valence-corrected chi connectivity index (χ2v) is 5.27. The molecule has 0 saturated carbocycles. The first-order valence-corrected chi connectivity index (χ1v) is 6.63. The van der Waals surface area contributed by atoms with Gasteiger partial charge >= 0.3 is 0 Å². The van der Waals surface area contributed by atoms with Crippen molar-refractivity contribution in [1.29, 1.82) is 0 Å². The van der Waals surface area contributed by atoms with Gasteiger partial charge in [0.2, 0.25) is 0 Å². The first kappa shape index (κ1) is 13.8. The summed E-state index contributed by atoms with van der Waals surface area (Å²) in [7, 11) is 0. The molecule has 0 fully saturated rings. The molecule has 1 heterocycles. The van der Waals surface area contributed by atoms with Crippen molar-refractivity contribution in [1.82, 2.24) is 4.98 Å². The van der Waals surface area contributed by atoms with Crippen molar-refractivity contribution in [3.05, 3.63) is 51.2 Å². The number of nitrogens with one attached hydrogen (secondary N) is 1. The molecule has 1 aromatic carbocycles. The molecule has 2 rings (SSSR count). The lowest BCUT2D eigenvalue weighted by Crippen LogP contribution is -2.14. The SMILES string of the molecule is Cc1cc(Br)c(NC(=O)c2cc(N)ccn2)cc1Cl. The van der Waals surface area contributed by atoms with Crippen LogP contribution in [0, 0.1) is 6.92 Å². The molecule has 0 saturated heterocycles. The molecule has 6 heteroatoms. The highest BCUT2D eigenvalue weighted by Crippen LogP contribution is 2.29. The Morgan fingerprint density at radius 1 is 1.42 bits per heavy atom. The molecule has 0 unspecified atom stereocenters. The first-order valence-electron chi connectivity index (χ1n) is 5.46. The van der Waals surface area contributed by atoms with Gasteiger partial charge in [-0.2, -0.15) is 0 Å². The van der Waals surface area contributed by atoms with Crippen LogP contribution >= 0.6 is 27.5 Å². The van der Waals surface area contributed by atoms with Gasteiger partial charge in [0, 0.05) is 21.4 Å². The van der Waals surface area contributed by atoms with Crippen LogP contribution in [0.15, 0.2) is 34.9 Å². The molecule has 3 N–H and O–H groups in total. The number of rotatable bonds is 2. The number of anilines is 2. The highest BCUT2D eigenvalue weighted by molar-refractivity contribution is 9.10. The van der Waals surface area contributed by atoms with E-state index >= 15 is 0 Å². The van der Waals surface area contributed by atoms with Crippen molar-refractivity contribution in [3.63, 3.8) is 0 Å². The molecule has 0 radical (unpaired) electrons. The molecule has 98 valence electrons. The quantitative estimate of drug-likeness (QED) is 0.877. The number of amides is 1. The molecule has 0 aliphatic heterocycles. The van der Waals surface area contributed by atoms with Gasteiger partial charge in [0.1, 0.15) is 5.69 Å². The third kappa shape index (κ3) is 3.24. The summed E-state index contributed by atoms with van der Waals surface area (Å²) in [5.41, 5.74) is 7.87. The second kappa shape index (κ2) is 5.59. The molecule has 0 aliphatic carbocycles. The number of benzene rings is 1. The van der Waals surface area contributed by atoms with E-state index in [2.05, 4.69) is 26.2 Å². The average Bonchev–Trinajstić information content (AvgIpc) is 2.36. The van der Waals surface area contributed by atoms with Crippen molar-refractivity contribution in [2.75, 3.05) is 11.1 Å². The van der Waals surface area contributed by atoms with Crippen LogP contribution in [0.1, 0.15) is 16.1 Å². The Balaban J connectivity index is 2.27. The number of pyridine rings is 1. The molecule has 0 spiro atoms. The summed E-state index contributed by atoms with van der Waals surface area (Å²) in [6.45, 7) is 1.89. The van der Waals surface area contributed by atoms with Crippen LogP contribution in [-0.2, 0) is 0 Å².